The Morgan fingerprint density at radius 2 is 2.00 bits per heavy atom. The summed E-state index contributed by atoms with van der Waals surface area (Å²) in [6.45, 7) is 1.20. The monoisotopic (exact) mass is 310 g/mol. The zero-order chi connectivity index (χ0) is 13.1. The first-order valence-corrected chi connectivity index (χ1v) is 5.97. The first-order chi connectivity index (χ1) is 7.89. The maximum Gasteiger partial charge on any atom is 0.405 e. The molecule has 0 bridgehead atoms. The number of hydrogen-bond acceptors (Lipinski definition) is 2. The summed E-state index contributed by atoms with van der Waals surface area (Å²) < 4.78 is 38.0. The predicted molar refractivity (Wildman–Crippen MR) is 66.0 cm³/mol. The molecule has 1 aromatic carbocycles. The second-order valence-corrected chi connectivity index (χ2v) is 4.43. The zero-order valence-electron chi connectivity index (χ0n) is 9.39. The van der Waals surface area contributed by atoms with E-state index in [1.54, 1.807) is 25.1 Å². The molecule has 0 saturated carbocycles. The summed E-state index contributed by atoms with van der Waals surface area (Å²) in [7, 11) is 0. The van der Waals surface area contributed by atoms with Gasteiger partial charge in [-0.15, -0.1) is 0 Å². The molecular formula is C11H14BrF3N2. The molecule has 2 N–H and O–H groups in total. The van der Waals surface area contributed by atoms with Gasteiger partial charge in [-0.3, -0.25) is 0 Å². The van der Waals surface area contributed by atoms with E-state index in [9.17, 15) is 13.2 Å². The average molecular weight is 311 g/mol. The smallest absolute Gasteiger partial charge is 0.363 e. The standard InChI is InChI=1S/C11H14BrF3N2/c1-2-17(7-11(13,14)15)10-5-3-4-9(12)8(10)6-16/h3-5H,2,6-7,16H2,1H3. The highest BCUT2D eigenvalue weighted by molar-refractivity contribution is 9.10. The van der Waals surface area contributed by atoms with E-state index in [0.717, 1.165) is 4.47 Å². The van der Waals surface area contributed by atoms with Crippen LogP contribution in [0.3, 0.4) is 0 Å². The Hall–Kier alpha value is -0.750. The molecule has 0 fully saturated rings. The fourth-order valence-corrected chi connectivity index (χ4v) is 2.15. The van der Waals surface area contributed by atoms with Gasteiger partial charge < -0.3 is 10.6 Å². The average Bonchev–Trinajstić information content (AvgIpc) is 2.24. The van der Waals surface area contributed by atoms with Crippen molar-refractivity contribution < 1.29 is 13.2 Å². The van der Waals surface area contributed by atoms with Crippen LogP contribution in [0.4, 0.5) is 18.9 Å². The zero-order valence-corrected chi connectivity index (χ0v) is 11.0. The molecule has 0 aliphatic heterocycles. The van der Waals surface area contributed by atoms with Crippen molar-refractivity contribution in [1.82, 2.24) is 0 Å². The number of hydrogen-bond donors (Lipinski definition) is 1. The number of nitrogens with two attached hydrogens (primary N) is 1. The van der Waals surface area contributed by atoms with Crippen molar-refractivity contribution in [2.45, 2.75) is 19.6 Å². The van der Waals surface area contributed by atoms with Crippen molar-refractivity contribution in [3.63, 3.8) is 0 Å². The minimum atomic E-state index is -4.22. The van der Waals surface area contributed by atoms with E-state index in [0.29, 0.717) is 11.3 Å². The Morgan fingerprint density at radius 1 is 1.35 bits per heavy atom. The van der Waals surface area contributed by atoms with Gasteiger partial charge in [-0.1, -0.05) is 22.0 Å². The molecule has 0 amide bonds. The van der Waals surface area contributed by atoms with Gasteiger partial charge in [0.15, 0.2) is 0 Å². The third kappa shape index (κ3) is 3.89. The van der Waals surface area contributed by atoms with Gasteiger partial charge in [0.2, 0.25) is 0 Å². The Labute approximate surface area is 107 Å². The molecule has 0 heterocycles. The first-order valence-electron chi connectivity index (χ1n) is 5.18. The molecule has 1 aromatic rings. The molecule has 0 atom stereocenters. The first kappa shape index (κ1) is 14.3. The summed E-state index contributed by atoms with van der Waals surface area (Å²) in [5, 5.41) is 0. The van der Waals surface area contributed by atoms with E-state index in [-0.39, 0.29) is 13.1 Å². The lowest BCUT2D eigenvalue weighted by molar-refractivity contribution is -0.119. The predicted octanol–water partition coefficient (Wildman–Crippen LogP) is 3.30. The number of alkyl halides is 3. The van der Waals surface area contributed by atoms with Gasteiger partial charge >= 0.3 is 6.18 Å². The van der Waals surface area contributed by atoms with Crippen LogP contribution in [0.15, 0.2) is 22.7 Å². The summed E-state index contributed by atoms with van der Waals surface area (Å²) in [6, 6.07) is 5.13. The third-order valence-electron chi connectivity index (χ3n) is 2.39. The molecule has 0 aliphatic carbocycles. The lowest BCUT2D eigenvalue weighted by atomic mass is 10.1. The topological polar surface area (TPSA) is 29.3 Å². The van der Waals surface area contributed by atoms with Crippen LogP contribution in [0.25, 0.3) is 0 Å². The Bertz CT molecular complexity index is 379. The maximum absolute atomic E-state index is 12.4. The van der Waals surface area contributed by atoms with Gasteiger partial charge in [-0.05, 0) is 19.1 Å². The van der Waals surface area contributed by atoms with E-state index >= 15 is 0 Å². The Kier molecular flexibility index (Phi) is 4.82. The normalized spacial score (nSPS) is 11.6. The van der Waals surface area contributed by atoms with Crippen LogP contribution in [0.5, 0.6) is 0 Å². The molecule has 6 heteroatoms. The number of halogens is 4. The lowest BCUT2D eigenvalue weighted by Crippen LogP contribution is -2.34. The van der Waals surface area contributed by atoms with E-state index in [4.69, 9.17) is 5.73 Å². The van der Waals surface area contributed by atoms with Crippen LogP contribution in [-0.4, -0.2) is 19.3 Å². The van der Waals surface area contributed by atoms with Crippen LogP contribution in [-0.2, 0) is 6.54 Å². The Balaban J connectivity index is 3.07. The Morgan fingerprint density at radius 3 is 2.47 bits per heavy atom. The number of rotatable bonds is 4. The van der Waals surface area contributed by atoms with Gasteiger partial charge in [0.25, 0.3) is 0 Å². The molecule has 0 saturated heterocycles. The highest BCUT2D eigenvalue weighted by Gasteiger charge is 2.31. The van der Waals surface area contributed by atoms with Crippen molar-refractivity contribution in [3.8, 4) is 0 Å². The van der Waals surface area contributed by atoms with Crippen molar-refractivity contribution in [2.24, 2.45) is 5.73 Å². The summed E-state index contributed by atoms with van der Waals surface area (Å²) >= 11 is 3.30. The van der Waals surface area contributed by atoms with Crippen molar-refractivity contribution in [1.29, 1.82) is 0 Å². The van der Waals surface area contributed by atoms with E-state index in [1.165, 1.54) is 4.90 Å². The minimum absolute atomic E-state index is 0.200. The quantitative estimate of drug-likeness (QED) is 0.924. The fraction of sp³-hybridized carbons (Fsp3) is 0.455. The molecular weight excluding hydrogens is 297 g/mol. The van der Waals surface area contributed by atoms with Crippen LogP contribution in [0, 0.1) is 0 Å². The number of anilines is 1. The summed E-state index contributed by atoms with van der Waals surface area (Å²) in [5.41, 5.74) is 6.79. The summed E-state index contributed by atoms with van der Waals surface area (Å²) in [6.07, 6.45) is -4.22. The number of benzene rings is 1. The molecule has 96 valence electrons. The van der Waals surface area contributed by atoms with Gasteiger partial charge in [0, 0.05) is 28.8 Å². The molecule has 2 nitrogen and oxygen atoms in total. The maximum atomic E-state index is 12.4. The fourth-order valence-electron chi connectivity index (χ4n) is 1.63. The van der Waals surface area contributed by atoms with Gasteiger partial charge in [-0.2, -0.15) is 13.2 Å². The third-order valence-corrected chi connectivity index (χ3v) is 3.13. The van der Waals surface area contributed by atoms with Crippen molar-refractivity contribution in [3.05, 3.63) is 28.2 Å². The molecule has 0 spiro atoms. The van der Waals surface area contributed by atoms with Crippen LogP contribution < -0.4 is 10.6 Å². The second-order valence-electron chi connectivity index (χ2n) is 3.57. The largest absolute Gasteiger partial charge is 0.405 e. The van der Waals surface area contributed by atoms with Gasteiger partial charge in [0.05, 0.1) is 0 Å². The summed E-state index contributed by atoms with van der Waals surface area (Å²) in [4.78, 5) is 1.27. The molecule has 0 aliphatic rings. The highest BCUT2D eigenvalue weighted by Crippen LogP contribution is 2.29. The SMILES string of the molecule is CCN(CC(F)(F)F)c1cccc(Br)c1CN. The van der Waals surface area contributed by atoms with E-state index < -0.39 is 12.7 Å². The van der Waals surface area contributed by atoms with Crippen molar-refractivity contribution >= 4 is 21.6 Å². The molecule has 1 rings (SSSR count). The van der Waals surface area contributed by atoms with E-state index in [1.807, 2.05) is 0 Å². The highest BCUT2D eigenvalue weighted by atomic mass is 79.9. The van der Waals surface area contributed by atoms with Crippen molar-refractivity contribution in [2.75, 3.05) is 18.0 Å². The molecule has 0 unspecified atom stereocenters. The lowest BCUT2D eigenvalue weighted by Gasteiger charge is -2.27. The molecule has 0 radical (unpaired) electrons. The van der Waals surface area contributed by atoms with E-state index in [2.05, 4.69) is 15.9 Å². The number of nitrogens with zero attached hydrogens (tertiary/aromatic N) is 1. The minimum Gasteiger partial charge on any atom is -0.363 e. The van der Waals surface area contributed by atoms with Crippen LogP contribution >= 0.6 is 15.9 Å². The molecule has 17 heavy (non-hydrogen) atoms. The van der Waals surface area contributed by atoms with Gasteiger partial charge in [0.1, 0.15) is 6.54 Å². The van der Waals surface area contributed by atoms with Gasteiger partial charge in [-0.25, -0.2) is 0 Å². The molecule has 0 aromatic heterocycles. The summed E-state index contributed by atoms with van der Waals surface area (Å²) in [5.74, 6) is 0. The second kappa shape index (κ2) is 5.73. The van der Waals surface area contributed by atoms with Crippen LogP contribution in [0.2, 0.25) is 0 Å². The van der Waals surface area contributed by atoms with Crippen LogP contribution in [0.1, 0.15) is 12.5 Å².